The van der Waals surface area contributed by atoms with Crippen LogP contribution in [0.15, 0.2) is 54.6 Å². The summed E-state index contributed by atoms with van der Waals surface area (Å²) in [5.74, 6) is -1.64. The van der Waals surface area contributed by atoms with E-state index in [4.69, 9.17) is 4.74 Å². The molecule has 0 spiro atoms. The second-order valence-electron chi connectivity index (χ2n) is 5.92. The summed E-state index contributed by atoms with van der Waals surface area (Å²) in [7, 11) is 0. The summed E-state index contributed by atoms with van der Waals surface area (Å²) >= 11 is 0. The summed E-state index contributed by atoms with van der Waals surface area (Å²) in [5.41, 5.74) is 1.67. The van der Waals surface area contributed by atoms with E-state index in [0.29, 0.717) is 6.42 Å². The van der Waals surface area contributed by atoms with Crippen LogP contribution < -0.4 is 10.6 Å². The summed E-state index contributed by atoms with van der Waals surface area (Å²) in [6, 6.07) is 14.3. The topological polar surface area (TPSA) is 84.5 Å². The minimum Gasteiger partial charge on any atom is -0.453 e. The van der Waals surface area contributed by atoms with E-state index in [1.165, 1.54) is 19.1 Å². The van der Waals surface area contributed by atoms with Gasteiger partial charge in [-0.3, -0.25) is 14.9 Å². The van der Waals surface area contributed by atoms with E-state index in [1.807, 2.05) is 30.3 Å². The van der Waals surface area contributed by atoms with Crippen molar-refractivity contribution >= 4 is 17.9 Å². The number of rotatable bonds is 7. The van der Waals surface area contributed by atoms with Crippen LogP contribution in [0.3, 0.4) is 0 Å². The molecule has 2 aromatic carbocycles. The lowest BCUT2D eigenvalue weighted by molar-refractivity contribution is -0.154. The van der Waals surface area contributed by atoms with Crippen LogP contribution in [-0.2, 0) is 27.3 Å². The van der Waals surface area contributed by atoms with Crippen LogP contribution in [0.4, 0.5) is 9.18 Å². The number of nitrogens with one attached hydrogen (secondary N) is 2. The van der Waals surface area contributed by atoms with Crippen LogP contribution >= 0.6 is 0 Å². The average Bonchev–Trinajstić information content (AvgIpc) is 2.66. The van der Waals surface area contributed by atoms with Gasteiger partial charge in [-0.05, 0) is 36.6 Å². The number of amides is 3. The first-order valence-electron chi connectivity index (χ1n) is 8.50. The predicted octanol–water partition coefficient (Wildman–Crippen LogP) is 2.72. The van der Waals surface area contributed by atoms with Crippen LogP contribution in [0.2, 0.25) is 0 Å². The Kier molecular flexibility index (Phi) is 7.49. The fraction of sp³-hybridized carbons (Fsp3) is 0.250. The van der Waals surface area contributed by atoms with E-state index < -0.39 is 24.0 Å². The minimum atomic E-state index is -1.10. The van der Waals surface area contributed by atoms with Gasteiger partial charge in [-0.2, -0.15) is 0 Å². The monoisotopic (exact) mass is 372 g/mol. The van der Waals surface area contributed by atoms with Crippen LogP contribution in [0.5, 0.6) is 0 Å². The molecule has 6 nitrogen and oxygen atoms in total. The molecular weight excluding hydrogens is 351 g/mol. The van der Waals surface area contributed by atoms with Crippen molar-refractivity contribution in [2.24, 2.45) is 0 Å². The third-order valence-corrected chi connectivity index (χ3v) is 3.74. The Hall–Kier alpha value is -3.22. The number of halogens is 1. The molecule has 0 fully saturated rings. The van der Waals surface area contributed by atoms with Gasteiger partial charge in [0.1, 0.15) is 5.82 Å². The molecule has 2 N–H and O–H groups in total. The molecule has 0 bridgehead atoms. The molecule has 0 saturated heterocycles. The lowest BCUT2D eigenvalue weighted by Crippen LogP contribution is -2.44. The van der Waals surface area contributed by atoms with E-state index >= 15 is 0 Å². The highest BCUT2D eigenvalue weighted by molar-refractivity contribution is 5.97. The first-order valence-corrected chi connectivity index (χ1v) is 8.50. The quantitative estimate of drug-likeness (QED) is 0.732. The summed E-state index contributed by atoms with van der Waals surface area (Å²) in [6.45, 7) is 1.65. The highest BCUT2D eigenvalue weighted by atomic mass is 19.1. The van der Waals surface area contributed by atoms with E-state index in [9.17, 15) is 18.8 Å². The van der Waals surface area contributed by atoms with E-state index in [-0.39, 0.29) is 18.8 Å². The van der Waals surface area contributed by atoms with Crippen molar-refractivity contribution in [2.45, 2.75) is 32.4 Å². The fourth-order valence-electron chi connectivity index (χ4n) is 2.24. The third kappa shape index (κ3) is 7.27. The maximum Gasteiger partial charge on any atom is 0.321 e. The minimum absolute atomic E-state index is 0.0451. The smallest absolute Gasteiger partial charge is 0.321 e. The Labute approximate surface area is 156 Å². The number of benzene rings is 2. The summed E-state index contributed by atoms with van der Waals surface area (Å²) < 4.78 is 17.8. The van der Waals surface area contributed by atoms with Crippen LogP contribution in [0.25, 0.3) is 0 Å². The van der Waals surface area contributed by atoms with Crippen LogP contribution in [-0.4, -0.2) is 24.0 Å². The number of ether oxygens (including phenoxy) is 1. The first kappa shape index (κ1) is 20.1. The number of esters is 1. The van der Waals surface area contributed by atoms with E-state index in [1.54, 1.807) is 12.1 Å². The molecule has 1 atom stereocenters. The molecule has 0 aliphatic heterocycles. The van der Waals surface area contributed by atoms with Gasteiger partial charge in [-0.1, -0.05) is 42.5 Å². The number of urea groups is 1. The maximum atomic E-state index is 12.8. The van der Waals surface area contributed by atoms with Crippen molar-refractivity contribution in [1.29, 1.82) is 0 Å². The maximum absolute atomic E-state index is 12.8. The molecule has 7 heteroatoms. The predicted molar refractivity (Wildman–Crippen MR) is 97.1 cm³/mol. The Morgan fingerprint density at radius 3 is 2.33 bits per heavy atom. The lowest BCUT2D eigenvalue weighted by atomic mass is 10.1. The van der Waals surface area contributed by atoms with Crippen molar-refractivity contribution in [3.05, 3.63) is 71.5 Å². The summed E-state index contributed by atoms with van der Waals surface area (Å²) in [6.07, 6.45) is -0.692. The van der Waals surface area contributed by atoms with Crippen molar-refractivity contribution in [1.82, 2.24) is 10.6 Å². The standard InChI is InChI=1S/C20H21FN2O4/c1-14(27-18(24)12-9-15-7-10-17(21)11-8-15)19(25)23-20(26)22-13-16-5-3-2-4-6-16/h2-8,10-11,14H,9,12-13H2,1H3,(H2,22,23,25,26). The van der Waals surface area contributed by atoms with Crippen LogP contribution in [0.1, 0.15) is 24.5 Å². The number of hydrogen-bond acceptors (Lipinski definition) is 4. The Balaban J connectivity index is 1.69. The highest BCUT2D eigenvalue weighted by Crippen LogP contribution is 2.07. The van der Waals surface area contributed by atoms with Crippen molar-refractivity contribution in [2.75, 3.05) is 0 Å². The molecule has 3 amide bonds. The van der Waals surface area contributed by atoms with Crippen LogP contribution in [0, 0.1) is 5.82 Å². The van der Waals surface area contributed by atoms with E-state index in [2.05, 4.69) is 10.6 Å². The molecule has 2 aromatic rings. The molecular formula is C20H21FN2O4. The number of carbonyl (C=O) groups excluding carboxylic acids is 3. The average molecular weight is 372 g/mol. The second kappa shape index (κ2) is 10.1. The zero-order chi connectivity index (χ0) is 19.6. The van der Waals surface area contributed by atoms with Gasteiger partial charge in [-0.25, -0.2) is 9.18 Å². The number of hydrogen-bond donors (Lipinski definition) is 2. The number of aryl methyl sites for hydroxylation is 1. The van der Waals surface area contributed by atoms with Gasteiger partial charge < -0.3 is 10.1 Å². The SMILES string of the molecule is CC(OC(=O)CCc1ccc(F)cc1)C(=O)NC(=O)NCc1ccccc1. The zero-order valence-electron chi connectivity index (χ0n) is 14.9. The molecule has 0 aliphatic rings. The van der Waals surface area contributed by atoms with E-state index in [0.717, 1.165) is 11.1 Å². The molecule has 0 radical (unpaired) electrons. The van der Waals surface area contributed by atoms with Gasteiger partial charge in [0, 0.05) is 13.0 Å². The van der Waals surface area contributed by atoms with Gasteiger partial charge in [0.15, 0.2) is 6.10 Å². The van der Waals surface area contributed by atoms with Gasteiger partial charge in [0.2, 0.25) is 0 Å². The molecule has 142 valence electrons. The Bertz CT molecular complexity index is 778. The third-order valence-electron chi connectivity index (χ3n) is 3.74. The second-order valence-corrected chi connectivity index (χ2v) is 5.92. The van der Waals surface area contributed by atoms with Crippen molar-refractivity contribution in [3.8, 4) is 0 Å². The molecule has 0 heterocycles. The molecule has 0 aromatic heterocycles. The summed E-state index contributed by atoms with van der Waals surface area (Å²) in [5, 5.41) is 4.67. The molecule has 2 rings (SSSR count). The molecule has 0 saturated carbocycles. The number of carbonyl (C=O) groups is 3. The molecule has 0 aliphatic carbocycles. The van der Waals surface area contributed by atoms with Gasteiger partial charge in [-0.15, -0.1) is 0 Å². The lowest BCUT2D eigenvalue weighted by Gasteiger charge is -2.13. The van der Waals surface area contributed by atoms with Gasteiger partial charge in [0.25, 0.3) is 5.91 Å². The normalized spacial score (nSPS) is 11.3. The fourth-order valence-corrected chi connectivity index (χ4v) is 2.24. The Morgan fingerprint density at radius 2 is 1.67 bits per heavy atom. The highest BCUT2D eigenvalue weighted by Gasteiger charge is 2.19. The van der Waals surface area contributed by atoms with Gasteiger partial charge in [0.05, 0.1) is 0 Å². The molecule has 27 heavy (non-hydrogen) atoms. The largest absolute Gasteiger partial charge is 0.453 e. The van der Waals surface area contributed by atoms with Crippen molar-refractivity contribution < 1.29 is 23.5 Å². The Morgan fingerprint density at radius 1 is 1.00 bits per heavy atom. The van der Waals surface area contributed by atoms with Gasteiger partial charge >= 0.3 is 12.0 Å². The molecule has 1 unspecified atom stereocenters. The zero-order valence-corrected chi connectivity index (χ0v) is 14.9. The van der Waals surface area contributed by atoms with Crippen molar-refractivity contribution in [3.63, 3.8) is 0 Å². The number of imide groups is 1. The summed E-state index contributed by atoms with van der Waals surface area (Å²) in [4.78, 5) is 35.5. The first-order chi connectivity index (χ1) is 12.9.